The number of aromatic nitrogens is 1. The molecule has 5 heteroatoms. The fourth-order valence-electron chi connectivity index (χ4n) is 2.34. The number of hydrogen-bond acceptors (Lipinski definition) is 4. The van der Waals surface area contributed by atoms with E-state index in [1.165, 1.54) is 17.7 Å². The Bertz CT molecular complexity index is 463. The van der Waals surface area contributed by atoms with Gasteiger partial charge in [-0.05, 0) is 24.7 Å². The molecule has 0 saturated carbocycles. The molecule has 0 unspecified atom stereocenters. The molecule has 20 heavy (non-hydrogen) atoms. The topological polar surface area (TPSA) is 71.7 Å². The van der Waals surface area contributed by atoms with Crippen molar-refractivity contribution in [3.05, 3.63) is 11.6 Å². The van der Waals surface area contributed by atoms with Crippen LogP contribution in [0.3, 0.4) is 0 Å². The second-order valence-corrected chi connectivity index (χ2v) is 5.99. The molecule has 0 aliphatic heterocycles. The van der Waals surface area contributed by atoms with Gasteiger partial charge in [0.05, 0.1) is 7.11 Å². The van der Waals surface area contributed by atoms with Crippen LogP contribution in [0.15, 0.2) is 6.07 Å². The van der Waals surface area contributed by atoms with Crippen molar-refractivity contribution in [2.45, 2.75) is 46.6 Å². The molecule has 0 fully saturated rings. The summed E-state index contributed by atoms with van der Waals surface area (Å²) >= 11 is 0. The summed E-state index contributed by atoms with van der Waals surface area (Å²) < 4.78 is 6.05. The molecule has 0 saturated heterocycles. The van der Waals surface area contributed by atoms with E-state index in [4.69, 9.17) is 4.74 Å². The predicted octanol–water partition coefficient (Wildman–Crippen LogP) is 2.86. The van der Waals surface area contributed by atoms with Crippen molar-refractivity contribution in [1.82, 2.24) is 4.57 Å². The highest BCUT2D eigenvalue weighted by atomic mass is 16.5. The number of esters is 1. The van der Waals surface area contributed by atoms with E-state index in [1.54, 1.807) is 0 Å². The van der Waals surface area contributed by atoms with Crippen LogP contribution in [0.4, 0.5) is 0 Å². The lowest BCUT2D eigenvalue weighted by Crippen LogP contribution is -2.22. The molecule has 0 aliphatic carbocycles. The molecule has 1 rings (SSSR count). The molecule has 1 aromatic heterocycles. The summed E-state index contributed by atoms with van der Waals surface area (Å²) in [6.45, 7) is 8.00. The number of carbonyl (C=O) groups is 1. The van der Waals surface area contributed by atoms with Crippen LogP contribution in [0.25, 0.3) is 0 Å². The maximum Gasteiger partial charge on any atom is 0.329 e. The Kier molecular flexibility index (Phi) is 5.48. The van der Waals surface area contributed by atoms with Crippen molar-refractivity contribution in [3.63, 3.8) is 0 Å². The highest BCUT2D eigenvalue weighted by Gasteiger charge is 2.28. The molecule has 0 spiro atoms. The number of rotatable bonds is 6. The van der Waals surface area contributed by atoms with E-state index in [2.05, 4.69) is 0 Å². The summed E-state index contributed by atoms with van der Waals surface area (Å²) in [5.74, 6) is -0.0379. The standard InChI is InChI=1S/C15H25NO4/c1-9(2)6-11-8-13(17)16(14(11)18)12(7-10(3)4)15(19)20-5/h8-10,12,17-18H,6-7H2,1-5H3/t12-/m0/s1. The first kappa shape index (κ1) is 16.4. The Balaban J connectivity index is 3.19. The Hall–Kier alpha value is -1.65. The fourth-order valence-corrected chi connectivity index (χ4v) is 2.34. The number of hydrogen-bond donors (Lipinski definition) is 2. The molecule has 1 heterocycles. The zero-order valence-corrected chi connectivity index (χ0v) is 12.9. The van der Waals surface area contributed by atoms with Crippen LogP contribution in [0.1, 0.15) is 45.7 Å². The zero-order valence-electron chi connectivity index (χ0n) is 12.9. The highest BCUT2D eigenvalue weighted by Crippen LogP contribution is 2.35. The Morgan fingerprint density at radius 1 is 1.25 bits per heavy atom. The molecule has 0 aliphatic rings. The van der Waals surface area contributed by atoms with Gasteiger partial charge in [0.1, 0.15) is 6.04 Å². The van der Waals surface area contributed by atoms with E-state index in [9.17, 15) is 15.0 Å². The lowest BCUT2D eigenvalue weighted by atomic mass is 10.0. The third-order valence-corrected chi connectivity index (χ3v) is 3.17. The van der Waals surface area contributed by atoms with Gasteiger partial charge in [-0.2, -0.15) is 0 Å². The Morgan fingerprint density at radius 3 is 2.30 bits per heavy atom. The predicted molar refractivity (Wildman–Crippen MR) is 76.8 cm³/mol. The van der Waals surface area contributed by atoms with Crippen LogP contribution in [0.5, 0.6) is 11.8 Å². The van der Waals surface area contributed by atoms with Gasteiger partial charge in [-0.25, -0.2) is 4.79 Å². The zero-order chi connectivity index (χ0) is 15.4. The SMILES string of the molecule is COC(=O)[C@H](CC(C)C)n1c(O)cc(CC(C)C)c1O. The van der Waals surface area contributed by atoms with E-state index in [-0.39, 0.29) is 17.7 Å². The summed E-state index contributed by atoms with van der Waals surface area (Å²) in [5.41, 5.74) is 0.648. The third kappa shape index (κ3) is 3.68. The number of aromatic hydroxyl groups is 2. The van der Waals surface area contributed by atoms with Crippen LogP contribution in [0.2, 0.25) is 0 Å². The van der Waals surface area contributed by atoms with Crippen LogP contribution in [-0.2, 0) is 16.0 Å². The van der Waals surface area contributed by atoms with E-state index < -0.39 is 12.0 Å². The molecule has 0 aromatic carbocycles. The minimum absolute atomic E-state index is 0.0488. The second-order valence-electron chi connectivity index (χ2n) is 5.99. The molecular formula is C15H25NO4. The monoisotopic (exact) mass is 283 g/mol. The average molecular weight is 283 g/mol. The number of ether oxygens (including phenoxy) is 1. The molecule has 2 N–H and O–H groups in total. The Morgan fingerprint density at radius 2 is 1.85 bits per heavy atom. The van der Waals surface area contributed by atoms with Gasteiger partial charge >= 0.3 is 5.97 Å². The van der Waals surface area contributed by atoms with Crippen molar-refractivity contribution in [2.24, 2.45) is 11.8 Å². The maximum absolute atomic E-state index is 11.9. The lowest BCUT2D eigenvalue weighted by Gasteiger charge is -2.20. The summed E-state index contributed by atoms with van der Waals surface area (Å²) in [6, 6.07) is 0.812. The van der Waals surface area contributed by atoms with Gasteiger partial charge in [-0.1, -0.05) is 27.7 Å². The van der Waals surface area contributed by atoms with E-state index >= 15 is 0 Å². The Labute approximate surface area is 120 Å². The number of methoxy groups -OCH3 is 1. The molecule has 1 aromatic rings. The van der Waals surface area contributed by atoms with Gasteiger partial charge < -0.3 is 14.9 Å². The van der Waals surface area contributed by atoms with Crippen molar-refractivity contribution < 1.29 is 19.7 Å². The fraction of sp³-hybridized carbons (Fsp3) is 0.667. The number of nitrogens with zero attached hydrogens (tertiary/aromatic N) is 1. The lowest BCUT2D eigenvalue weighted by molar-refractivity contribution is -0.145. The third-order valence-electron chi connectivity index (χ3n) is 3.17. The van der Waals surface area contributed by atoms with Crippen LogP contribution in [0, 0.1) is 11.8 Å². The van der Waals surface area contributed by atoms with Gasteiger partial charge in [0.15, 0.2) is 11.8 Å². The van der Waals surface area contributed by atoms with E-state index in [1.807, 2.05) is 27.7 Å². The quantitative estimate of drug-likeness (QED) is 0.787. The van der Waals surface area contributed by atoms with Gasteiger partial charge in [-0.15, -0.1) is 0 Å². The minimum Gasteiger partial charge on any atom is -0.494 e. The first-order chi connectivity index (χ1) is 9.27. The van der Waals surface area contributed by atoms with Crippen molar-refractivity contribution in [1.29, 1.82) is 0 Å². The summed E-state index contributed by atoms with van der Waals surface area (Å²) in [5, 5.41) is 20.3. The molecule has 0 radical (unpaired) electrons. The van der Waals surface area contributed by atoms with Gasteiger partial charge in [0.2, 0.25) is 0 Å². The number of carbonyl (C=O) groups excluding carboxylic acids is 1. The molecule has 0 amide bonds. The van der Waals surface area contributed by atoms with Gasteiger partial charge in [0.25, 0.3) is 0 Å². The van der Waals surface area contributed by atoms with Crippen LogP contribution < -0.4 is 0 Å². The van der Waals surface area contributed by atoms with Crippen LogP contribution >= 0.6 is 0 Å². The molecule has 5 nitrogen and oxygen atoms in total. The van der Waals surface area contributed by atoms with E-state index in [0.29, 0.717) is 24.3 Å². The first-order valence-electron chi connectivity index (χ1n) is 6.97. The van der Waals surface area contributed by atoms with E-state index in [0.717, 1.165) is 0 Å². The summed E-state index contributed by atoms with van der Waals surface area (Å²) in [4.78, 5) is 11.9. The highest BCUT2D eigenvalue weighted by molar-refractivity contribution is 5.75. The molecule has 114 valence electrons. The van der Waals surface area contributed by atoms with Gasteiger partial charge in [0, 0.05) is 11.6 Å². The van der Waals surface area contributed by atoms with Crippen molar-refractivity contribution in [3.8, 4) is 11.8 Å². The minimum atomic E-state index is -0.707. The smallest absolute Gasteiger partial charge is 0.329 e. The van der Waals surface area contributed by atoms with Crippen molar-refractivity contribution in [2.75, 3.05) is 7.11 Å². The normalized spacial score (nSPS) is 12.9. The van der Waals surface area contributed by atoms with Gasteiger partial charge in [-0.3, -0.25) is 4.57 Å². The van der Waals surface area contributed by atoms with Crippen LogP contribution in [-0.4, -0.2) is 27.9 Å². The second kappa shape index (κ2) is 6.68. The maximum atomic E-state index is 11.9. The van der Waals surface area contributed by atoms with Crippen molar-refractivity contribution >= 4 is 5.97 Å². The summed E-state index contributed by atoms with van der Waals surface area (Å²) in [6.07, 6.45) is 1.13. The molecular weight excluding hydrogens is 258 g/mol. The molecule has 0 bridgehead atoms. The first-order valence-corrected chi connectivity index (χ1v) is 6.97. The molecule has 1 atom stereocenters. The largest absolute Gasteiger partial charge is 0.494 e. The average Bonchev–Trinajstić information content (AvgIpc) is 2.60. The summed E-state index contributed by atoms with van der Waals surface area (Å²) in [7, 11) is 1.31.